The van der Waals surface area contributed by atoms with E-state index in [0.717, 1.165) is 17.6 Å². The van der Waals surface area contributed by atoms with Gasteiger partial charge in [0.05, 0.1) is 6.61 Å². The van der Waals surface area contributed by atoms with Crippen LogP contribution in [0.5, 0.6) is 0 Å². The summed E-state index contributed by atoms with van der Waals surface area (Å²) < 4.78 is 6.11. The first kappa shape index (κ1) is 10.5. The monoisotopic (exact) mass is 243 g/mol. The average molecular weight is 244 g/mol. The number of likely N-dealkylation sites (N-methyl/N-ethyl adjacent to an activating group) is 1. The van der Waals surface area contributed by atoms with Gasteiger partial charge in [0, 0.05) is 30.9 Å². The molecule has 0 N–H and O–H groups in total. The zero-order chi connectivity index (χ0) is 9.68. The number of hydrogen-bond donors (Lipinski definition) is 0. The van der Waals surface area contributed by atoms with Gasteiger partial charge < -0.3 is 9.64 Å². The van der Waals surface area contributed by atoms with Crippen molar-refractivity contribution in [3.63, 3.8) is 0 Å². The standard InChI is InChI=1S/C10H14BrNO/c1-12(7-8-13-2)10-5-3-9(11)4-6-10/h3-6H,7-8H2,1-2H3. The van der Waals surface area contributed by atoms with E-state index in [0.29, 0.717) is 0 Å². The molecule has 1 rings (SSSR count). The Morgan fingerprint density at radius 1 is 1.31 bits per heavy atom. The van der Waals surface area contributed by atoms with Crippen LogP contribution in [0.1, 0.15) is 0 Å². The lowest BCUT2D eigenvalue weighted by Crippen LogP contribution is -2.21. The van der Waals surface area contributed by atoms with Gasteiger partial charge in [0.2, 0.25) is 0 Å². The maximum Gasteiger partial charge on any atom is 0.0637 e. The van der Waals surface area contributed by atoms with E-state index in [1.807, 2.05) is 12.1 Å². The molecule has 1 aromatic carbocycles. The lowest BCUT2D eigenvalue weighted by molar-refractivity contribution is 0.206. The summed E-state index contributed by atoms with van der Waals surface area (Å²) in [5, 5.41) is 0. The van der Waals surface area contributed by atoms with Crippen LogP contribution in [0.3, 0.4) is 0 Å². The molecule has 72 valence electrons. The zero-order valence-electron chi connectivity index (χ0n) is 7.96. The van der Waals surface area contributed by atoms with Crippen LogP contribution in [0.25, 0.3) is 0 Å². The Bertz CT molecular complexity index is 248. The average Bonchev–Trinajstić information content (AvgIpc) is 2.15. The van der Waals surface area contributed by atoms with Crippen molar-refractivity contribution < 1.29 is 4.74 Å². The maximum absolute atomic E-state index is 5.01. The molecule has 0 spiro atoms. The number of rotatable bonds is 4. The predicted molar refractivity (Wildman–Crippen MR) is 59.3 cm³/mol. The fourth-order valence-electron chi connectivity index (χ4n) is 1.05. The summed E-state index contributed by atoms with van der Waals surface area (Å²) in [6.07, 6.45) is 0. The molecule has 0 aliphatic heterocycles. The number of methoxy groups -OCH3 is 1. The van der Waals surface area contributed by atoms with Gasteiger partial charge in [0.15, 0.2) is 0 Å². The van der Waals surface area contributed by atoms with Crippen molar-refractivity contribution in [2.75, 3.05) is 32.2 Å². The van der Waals surface area contributed by atoms with Gasteiger partial charge in [-0.15, -0.1) is 0 Å². The highest BCUT2D eigenvalue weighted by Crippen LogP contribution is 2.16. The Hall–Kier alpha value is -0.540. The minimum absolute atomic E-state index is 0.757. The Kier molecular flexibility index (Phi) is 4.25. The normalized spacial score (nSPS) is 10.1. The molecule has 0 radical (unpaired) electrons. The molecule has 13 heavy (non-hydrogen) atoms. The Morgan fingerprint density at radius 3 is 2.46 bits per heavy atom. The molecular weight excluding hydrogens is 230 g/mol. The third-order valence-corrected chi connectivity index (χ3v) is 2.43. The molecule has 0 aromatic heterocycles. The largest absolute Gasteiger partial charge is 0.383 e. The van der Waals surface area contributed by atoms with Crippen LogP contribution in [-0.2, 0) is 4.74 Å². The van der Waals surface area contributed by atoms with E-state index in [1.54, 1.807) is 7.11 Å². The second-order valence-corrected chi connectivity index (χ2v) is 3.81. The Labute approximate surface area is 87.6 Å². The number of benzene rings is 1. The maximum atomic E-state index is 5.01. The van der Waals surface area contributed by atoms with E-state index >= 15 is 0 Å². The molecule has 0 amide bonds. The fraction of sp³-hybridized carbons (Fsp3) is 0.400. The molecule has 2 nitrogen and oxygen atoms in total. The van der Waals surface area contributed by atoms with Crippen molar-refractivity contribution in [2.45, 2.75) is 0 Å². The van der Waals surface area contributed by atoms with Gasteiger partial charge in [-0.05, 0) is 24.3 Å². The Morgan fingerprint density at radius 2 is 1.92 bits per heavy atom. The van der Waals surface area contributed by atoms with E-state index in [2.05, 4.69) is 40.0 Å². The molecule has 0 aliphatic rings. The summed E-state index contributed by atoms with van der Waals surface area (Å²) >= 11 is 3.40. The molecule has 0 bridgehead atoms. The molecular formula is C10H14BrNO. The summed E-state index contributed by atoms with van der Waals surface area (Å²) in [6, 6.07) is 8.25. The van der Waals surface area contributed by atoms with Gasteiger partial charge in [-0.2, -0.15) is 0 Å². The smallest absolute Gasteiger partial charge is 0.0637 e. The highest BCUT2D eigenvalue weighted by molar-refractivity contribution is 9.10. The second-order valence-electron chi connectivity index (χ2n) is 2.89. The van der Waals surface area contributed by atoms with Gasteiger partial charge >= 0.3 is 0 Å². The highest BCUT2D eigenvalue weighted by atomic mass is 79.9. The molecule has 0 aliphatic carbocycles. The van der Waals surface area contributed by atoms with Crippen LogP contribution in [-0.4, -0.2) is 27.3 Å². The third kappa shape index (κ3) is 3.36. The second kappa shape index (κ2) is 5.25. The van der Waals surface area contributed by atoms with Crippen molar-refractivity contribution in [3.05, 3.63) is 28.7 Å². The molecule has 1 aromatic rings. The van der Waals surface area contributed by atoms with Crippen LogP contribution in [0.2, 0.25) is 0 Å². The van der Waals surface area contributed by atoms with Crippen molar-refractivity contribution in [1.82, 2.24) is 0 Å². The number of hydrogen-bond acceptors (Lipinski definition) is 2. The van der Waals surface area contributed by atoms with Crippen LogP contribution < -0.4 is 4.90 Å². The first-order valence-electron chi connectivity index (χ1n) is 4.19. The predicted octanol–water partition coefficient (Wildman–Crippen LogP) is 2.53. The summed E-state index contributed by atoms with van der Waals surface area (Å²) in [7, 11) is 3.78. The molecule has 0 unspecified atom stereocenters. The summed E-state index contributed by atoms with van der Waals surface area (Å²) in [4.78, 5) is 2.16. The molecule has 0 fully saturated rings. The SMILES string of the molecule is COCCN(C)c1ccc(Br)cc1. The van der Waals surface area contributed by atoms with E-state index in [4.69, 9.17) is 4.74 Å². The van der Waals surface area contributed by atoms with E-state index in [1.165, 1.54) is 5.69 Å². The molecule has 0 atom stereocenters. The number of ether oxygens (including phenoxy) is 1. The zero-order valence-corrected chi connectivity index (χ0v) is 9.54. The summed E-state index contributed by atoms with van der Waals surface area (Å²) in [6.45, 7) is 1.67. The number of halogens is 1. The number of anilines is 1. The lowest BCUT2D eigenvalue weighted by atomic mass is 10.3. The third-order valence-electron chi connectivity index (χ3n) is 1.90. The van der Waals surface area contributed by atoms with Crippen LogP contribution in [0, 0.1) is 0 Å². The van der Waals surface area contributed by atoms with Crippen LogP contribution in [0.15, 0.2) is 28.7 Å². The van der Waals surface area contributed by atoms with E-state index in [-0.39, 0.29) is 0 Å². The van der Waals surface area contributed by atoms with E-state index < -0.39 is 0 Å². The molecule has 0 saturated carbocycles. The first-order chi connectivity index (χ1) is 6.24. The van der Waals surface area contributed by atoms with Gasteiger partial charge in [-0.3, -0.25) is 0 Å². The van der Waals surface area contributed by atoms with Crippen molar-refractivity contribution in [2.24, 2.45) is 0 Å². The van der Waals surface area contributed by atoms with Gasteiger partial charge in [-0.1, -0.05) is 15.9 Å². The highest BCUT2D eigenvalue weighted by Gasteiger charge is 1.98. The lowest BCUT2D eigenvalue weighted by Gasteiger charge is -2.18. The molecule has 3 heteroatoms. The fourth-order valence-corrected chi connectivity index (χ4v) is 1.32. The quantitative estimate of drug-likeness (QED) is 0.806. The van der Waals surface area contributed by atoms with Gasteiger partial charge in [0.1, 0.15) is 0 Å². The van der Waals surface area contributed by atoms with Crippen molar-refractivity contribution in [3.8, 4) is 0 Å². The van der Waals surface area contributed by atoms with Gasteiger partial charge in [-0.25, -0.2) is 0 Å². The summed E-state index contributed by atoms with van der Waals surface area (Å²) in [5.41, 5.74) is 1.21. The topological polar surface area (TPSA) is 12.5 Å². The Balaban J connectivity index is 2.55. The summed E-state index contributed by atoms with van der Waals surface area (Å²) in [5.74, 6) is 0. The van der Waals surface area contributed by atoms with Crippen LogP contribution >= 0.6 is 15.9 Å². The number of nitrogens with zero attached hydrogens (tertiary/aromatic N) is 1. The molecule has 0 saturated heterocycles. The molecule has 0 heterocycles. The first-order valence-corrected chi connectivity index (χ1v) is 4.99. The minimum atomic E-state index is 0.757. The van der Waals surface area contributed by atoms with Gasteiger partial charge in [0.25, 0.3) is 0 Å². The van der Waals surface area contributed by atoms with Crippen molar-refractivity contribution in [1.29, 1.82) is 0 Å². The van der Waals surface area contributed by atoms with Crippen molar-refractivity contribution >= 4 is 21.6 Å². The van der Waals surface area contributed by atoms with E-state index in [9.17, 15) is 0 Å². The minimum Gasteiger partial charge on any atom is -0.383 e. The van der Waals surface area contributed by atoms with Crippen LogP contribution in [0.4, 0.5) is 5.69 Å².